The first kappa shape index (κ1) is 16.2. The third-order valence-corrected chi connectivity index (χ3v) is 4.05. The largest absolute Gasteiger partial charge is 0.345 e. The summed E-state index contributed by atoms with van der Waals surface area (Å²) in [6.45, 7) is 1.83. The summed E-state index contributed by atoms with van der Waals surface area (Å²) in [4.78, 5) is 16.3. The van der Waals surface area contributed by atoms with E-state index in [0.29, 0.717) is 0 Å². The molecule has 6 heteroatoms. The first-order chi connectivity index (χ1) is 11.6. The molecule has 1 amide bonds. The van der Waals surface area contributed by atoms with Gasteiger partial charge in [-0.2, -0.15) is 0 Å². The molecule has 0 saturated heterocycles. The van der Waals surface area contributed by atoms with Gasteiger partial charge in [-0.15, -0.1) is 0 Å². The Morgan fingerprint density at radius 3 is 2.62 bits per heavy atom. The third-order valence-electron chi connectivity index (χ3n) is 3.73. The van der Waals surface area contributed by atoms with Crippen molar-refractivity contribution in [1.82, 2.24) is 14.9 Å². The van der Waals surface area contributed by atoms with Crippen LogP contribution < -0.4 is 5.32 Å². The van der Waals surface area contributed by atoms with Crippen molar-refractivity contribution in [2.45, 2.75) is 13.0 Å². The Labute approximate surface area is 143 Å². The Bertz CT molecular complexity index is 827. The standard InChI is InChI=1S/C18H15ClFN3O/c1-12(22-18(24)17-15(19)3-2-4-16(17)20)13-5-7-14(8-6-13)23-10-9-21-11-23/h2-12H,1H3,(H,22,24)/t12-/m1/s1. The van der Waals surface area contributed by atoms with Crippen molar-refractivity contribution in [2.75, 3.05) is 0 Å². The van der Waals surface area contributed by atoms with E-state index >= 15 is 0 Å². The van der Waals surface area contributed by atoms with Crippen LogP contribution >= 0.6 is 11.6 Å². The number of hydrogen-bond donors (Lipinski definition) is 1. The van der Waals surface area contributed by atoms with Crippen molar-refractivity contribution in [3.8, 4) is 5.69 Å². The van der Waals surface area contributed by atoms with Crippen LogP contribution in [-0.2, 0) is 0 Å². The topological polar surface area (TPSA) is 46.9 Å². The molecule has 1 aromatic heterocycles. The molecule has 122 valence electrons. The maximum Gasteiger partial charge on any atom is 0.256 e. The number of nitrogens with one attached hydrogen (secondary N) is 1. The van der Waals surface area contributed by atoms with E-state index < -0.39 is 11.7 Å². The van der Waals surface area contributed by atoms with Crippen LogP contribution in [0.15, 0.2) is 61.2 Å². The minimum atomic E-state index is -0.636. The van der Waals surface area contributed by atoms with E-state index in [9.17, 15) is 9.18 Å². The maximum atomic E-state index is 13.8. The Kier molecular flexibility index (Phi) is 4.62. The van der Waals surface area contributed by atoms with Crippen LogP contribution in [0.2, 0.25) is 5.02 Å². The number of aromatic nitrogens is 2. The highest BCUT2D eigenvalue weighted by molar-refractivity contribution is 6.33. The zero-order valence-corrected chi connectivity index (χ0v) is 13.7. The first-order valence-corrected chi connectivity index (χ1v) is 7.77. The van der Waals surface area contributed by atoms with Crippen LogP contribution in [0.3, 0.4) is 0 Å². The minimum Gasteiger partial charge on any atom is -0.345 e. The van der Waals surface area contributed by atoms with Crippen LogP contribution in [0.25, 0.3) is 5.69 Å². The summed E-state index contributed by atoms with van der Waals surface area (Å²) in [7, 11) is 0. The lowest BCUT2D eigenvalue weighted by Crippen LogP contribution is -2.27. The van der Waals surface area contributed by atoms with Gasteiger partial charge in [-0.3, -0.25) is 4.79 Å². The second kappa shape index (κ2) is 6.84. The van der Waals surface area contributed by atoms with Gasteiger partial charge in [-0.1, -0.05) is 29.8 Å². The highest BCUT2D eigenvalue weighted by Gasteiger charge is 2.18. The number of benzene rings is 2. The predicted molar refractivity (Wildman–Crippen MR) is 90.9 cm³/mol. The normalized spacial score (nSPS) is 12.0. The van der Waals surface area contributed by atoms with Gasteiger partial charge in [0, 0.05) is 18.1 Å². The van der Waals surface area contributed by atoms with Crippen molar-refractivity contribution < 1.29 is 9.18 Å². The highest BCUT2D eigenvalue weighted by Crippen LogP contribution is 2.21. The Morgan fingerprint density at radius 1 is 1.25 bits per heavy atom. The zero-order valence-electron chi connectivity index (χ0n) is 12.9. The molecule has 0 fully saturated rings. The molecule has 24 heavy (non-hydrogen) atoms. The third kappa shape index (κ3) is 3.31. The smallest absolute Gasteiger partial charge is 0.256 e. The van der Waals surface area contributed by atoms with Gasteiger partial charge in [0.15, 0.2) is 0 Å². The van der Waals surface area contributed by atoms with Crippen LogP contribution in [0.5, 0.6) is 0 Å². The molecule has 3 rings (SSSR count). The maximum absolute atomic E-state index is 13.8. The average molecular weight is 344 g/mol. The molecular formula is C18H15ClFN3O. The van der Waals surface area contributed by atoms with E-state index in [2.05, 4.69) is 10.3 Å². The summed E-state index contributed by atoms with van der Waals surface area (Å²) >= 11 is 5.92. The van der Waals surface area contributed by atoms with E-state index in [-0.39, 0.29) is 16.6 Å². The SMILES string of the molecule is C[C@@H](NC(=O)c1c(F)cccc1Cl)c1ccc(-n2ccnc2)cc1. The molecule has 0 aliphatic rings. The van der Waals surface area contributed by atoms with E-state index in [1.54, 1.807) is 12.5 Å². The van der Waals surface area contributed by atoms with Crippen molar-refractivity contribution in [3.63, 3.8) is 0 Å². The molecule has 4 nitrogen and oxygen atoms in total. The van der Waals surface area contributed by atoms with E-state index in [1.807, 2.05) is 42.0 Å². The molecule has 1 atom stereocenters. The fraction of sp³-hybridized carbons (Fsp3) is 0.111. The lowest BCUT2D eigenvalue weighted by Gasteiger charge is -2.16. The predicted octanol–water partition coefficient (Wildman–Crippen LogP) is 4.16. The number of imidazole rings is 1. The molecule has 0 aliphatic carbocycles. The van der Waals surface area contributed by atoms with Gasteiger partial charge in [0.2, 0.25) is 0 Å². The van der Waals surface area contributed by atoms with E-state index in [0.717, 1.165) is 11.3 Å². The molecule has 1 heterocycles. The minimum absolute atomic E-state index is 0.0927. The lowest BCUT2D eigenvalue weighted by molar-refractivity contribution is 0.0936. The molecule has 0 radical (unpaired) electrons. The summed E-state index contributed by atoms with van der Waals surface area (Å²) in [5, 5.41) is 2.86. The Hall–Kier alpha value is -2.66. The number of carbonyl (C=O) groups is 1. The van der Waals surface area contributed by atoms with Gasteiger partial charge >= 0.3 is 0 Å². The van der Waals surface area contributed by atoms with Crippen molar-refractivity contribution in [2.24, 2.45) is 0 Å². The van der Waals surface area contributed by atoms with Gasteiger partial charge in [0.05, 0.1) is 23.0 Å². The van der Waals surface area contributed by atoms with Crippen LogP contribution in [0.4, 0.5) is 4.39 Å². The van der Waals surface area contributed by atoms with Gasteiger partial charge in [0.1, 0.15) is 5.82 Å². The second-order valence-electron chi connectivity index (χ2n) is 5.35. The number of carbonyl (C=O) groups excluding carboxylic acids is 1. The van der Waals surface area contributed by atoms with Crippen LogP contribution in [0.1, 0.15) is 28.9 Å². The monoisotopic (exact) mass is 343 g/mol. The first-order valence-electron chi connectivity index (χ1n) is 7.39. The summed E-state index contributed by atoms with van der Waals surface area (Å²) in [5.41, 5.74) is 1.73. The molecule has 0 unspecified atom stereocenters. The number of amides is 1. The fourth-order valence-corrected chi connectivity index (χ4v) is 2.66. The van der Waals surface area contributed by atoms with Gasteiger partial charge in [-0.05, 0) is 36.8 Å². The highest BCUT2D eigenvalue weighted by atomic mass is 35.5. The molecule has 1 N–H and O–H groups in total. The van der Waals surface area contributed by atoms with Crippen LogP contribution in [-0.4, -0.2) is 15.5 Å². The molecule has 0 aliphatic heterocycles. The Morgan fingerprint density at radius 2 is 2.00 bits per heavy atom. The van der Waals surface area contributed by atoms with E-state index in [1.165, 1.54) is 18.2 Å². The molecule has 0 spiro atoms. The van der Waals surface area contributed by atoms with Gasteiger partial charge in [0.25, 0.3) is 5.91 Å². The molecule has 3 aromatic rings. The Balaban J connectivity index is 1.75. The fourth-order valence-electron chi connectivity index (χ4n) is 2.41. The van der Waals surface area contributed by atoms with Gasteiger partial charge < -0.3 is 9.88 Å². The lowest BCUT2D eigenvalue weighted by atomic mass is 10.1. The summed E-state index contributed by atoms with van der Waals surface area (Å²) < 4.78 is 15.7. The van der Waals surface area contributed by atoms with Crippen molar-refractivity contribution in [3.05, 3.63) is 83.2 Å². The summed E-state index contributed by atoms with van der Waals surface area (Å²) in [5.74, 6) is -1.17. The number of nitrogens with zero attached hydrogens (tertiary/aromatic N) is 2. The molecule has 0 saturated carbocycles. The molecular weight excluding hydrogens is 329 g/mol. The second-order valence-corrected chi connectivity index (χ2v) is 5.76. The van der Waals surface area contributed by atoms with Crippen LogP contribution in [0, 0.1) is 5.82 Å². The summed E-state index contributed by atoms with van der Waals surface area (Å²) in [6.07, 6.45) is 5.26. The number of rotatable bonds is 4. The average Bonchev–Trinajstić information content (AvgIpc) is 3.09. The number of halogens is 2. The molecule has 2 aromatic carbocycles. The summed E-state index contributed by atoms with van der Waals surface area (Å²) in [6, 6.07) is 11.5. The van der Waals surface area contributed by atoms with E-state index in [4.69, 9.17) is 11.6 Å². The van der Waals surface area contributed by atoms with Crippen molar-refractivity contribution >= 4 is 17.5 Å². The van der Waals surface area contributed by atoms with Gasteiger partial charge in [-0.25, -0.2) is 9.37 Å². The zero-order chi connectivity index (χ0) is 17.1. The molecule has 0 bridgehead atoms. The van der Waals surface area contributed by atoms with Crippen molar-refractivity contribution in [1.29, 1.82) is 0 Å². The number of hydrogen-bond acceptors (Lipinski definition) is 2. The quantitative estimate of drug-likeness (QED) is 0.773.